The molecule has 0 fully saturated rings. The van der Waals surface area contributed by atoms with Crippen molar-refractivity contribution in [3.8, 4) is 5.88 Å². The monoisotopic (exact) mass is 252 g/mol. The zero-order chi connectivity index (χ0) is 13.4. The van der Waals surface area contributed by atoms with Crippen LogP contribution in [0.5, 0.6) is 5.88 Å². The molecule has 0 radical (unpaired) electrons. The van der Waals surface area contributed by atoms with Gasteiger partial charge in [-0.05, 0) is 25.8 Å². The highest BCUT2D eigenvalue weighted by Crippen LogP contribution is 2.14. The maximum atomic E-state index is 10.5. The highest BCUT2D eigenvalue weighted by Gasteiger charge is 2.16. The number of pyridine rings is 1. The molecule has 100 valence electrons. The summed E-state index contributed by atoms with van der Waals surface area (Å²) in [5, 5.41) is 2.77. The predicted molar refractivity (Wildman–Crippen MR) is 68.6 cm³/mol. The van der Waals surface area contributed by atoms with Gasteiger partial charge < -0.3 is 14.8 Å². The third kappa shape index (κ3) is 5.14. The molecule has 0 saturated heterocycles. The van der Waals surface area contributed by atoms with Crippen LogP contribution in [0.2, 0.25) is 0 Å². The van der Waals surface area contributed by atoms with Crippen molar-refractivity contribution in [3.05, 3.63) is 23.9 Å². The Morgan fingerprint density at radius 2 is 2.17 bits per heavy atom. The molecule has 5 heteroatoms. The minimum atomic E-state index is -0.276. The Morgan fingerprint density at radius 3 is 2.72 bits per heavy atom. The van der Waals surface area contributed by atoms with E-state index in [-0.39, 0.29) is 5.54 Å². The van der Waals surface area contributed by atoms with Crippen LogP contribution in [0.3, 0.4) is 0 Å². The van der Waals surface area contributed by atoms with E-state index in [1.54, 1.807) is 13.3 Å². The molecule has 0 saturated carbocycles. The van der Waals surface area contributed by atoms with Crippen LogP contribution in [0.25, 0.3) is 0 Å². The second kappa shape index (κ2) is 6.96. The molecular weight excluding hydrogens is 232 g/mol. The average Bonchev–Trinajstić information content (AvgIpc) is 2.31. The number of methoxy groups -OCH3 is 1. The molecular formula is C13H20N2O3. The van der Waals surface area contributed by atoms with Crippen molar-refractivity contribution in [3.63, 3.8) is 0 Å². The van der Waals surface area contributed by atoms with Gasteiger partial charge in [0.1, 0.15) is 6.61 Å². The van der Waals surface area contributed by atoms with Gasteiger partial charge in [-0.1, -0.05) is 6.07 Å². The van der Waals surface area contributed by atoms with Gasteiger partial charge in [0, 0.05) is 24.9 Å². The molecule has 5 nitrogen and oxygen atoms in total. The molecule has 1 amide bonds. The van der Waals surface area contributed by atoms with Crippen molar-refractivity contribution in [2.24, 2.45) is 0 Å². The Bertz CT molecular complexity index is 363. The molecule has 0 aliphatic heterocycles. The molecule has 0 unspecified atom stereocenters. The topological polar surface area (TPSA) is 60.5 Å². The van der Waals surface area contributed by atoms with E-state index in [4.69, 9.17) is 9.47 Å². The van der Waals surface area contributed by atoms with Crippen LogP contribution in [-0.4, -0.2) is 37.3 Å². The maximum Gasteiger partial charge on any atom is 0.213 e. The smallest absolute Gasteiger partial charge is 0.213 e. The summed E-state index contributed by atoms with van der Waals surface area (Å²) in [6.07, 6.45) is 3.20. The molecule has 1 N–H and O–H groups in total. The van der Waals surface area contributed by atoms with Crippen LogP contribution in [-0.2, 0) is 16.0 Å². The predicted octanol–water partition coefficient (Wildman–Crippen LogP) is 1.17. The van der Waals surface area contributed by atoms with Crippen molar-refractivity contribution < 1.29 is 14.3 Å². The first-order valence-electron chi connectivity index (χ1n) is 5.85. The number of amides is 1. The van der Waals surface area contributed by atoms with Crippen molar-refractivity contribution in [2.45, 2.75) is 25.8 Å². The fraction of sp³-hybridized carbons (Fsp3) is 0.538. The lowest BCUT2D eigenvalue weighted by molar-refractivity contribution is -0.110. The Morgan fingerprint density at radius 1 is 1.39 bits per heavy atom. The number of carbonyl (C=O) groups is 1. The van der Waals surface area contributed by atoms with Gasteiger partial charge in [-0.15, -0.1) is 0 Å². The minimum absolute atomic E-state index is 0.276. The number of hydrogen-bond donors (Lipinski definition) is 1. The molecule has 18 heavy (non-hydrogen) atoms. The molecule has 0 aliphatic carbocycles. The Balaban J connectivity index is 2.52. The summed E-state index contributed by atoms with van der Waals surface area (Å²) in [5.41, 5.74) is 0.774. The molecule has 0 bridgehead atoms. The summed E-state index contributed by atoms with van der Waals surface area (Å²) in [7, 11) is 1.63. The van der Waals surface area contributed by atoms with E-state index in [0.717, 1.165) is 18.4 Å². The standard InChI is InChI=1S/C13H20N2O3/c1-13(2,15-10-16)8-11-4-5-12(14-9-11)18-7-6-17-3/h4-5,9-10H,6-8H2,1-3H3,(H,15,16). The number of nitrogens with one attached hydrogen (secondary N) is 1. The van der Waals surface area contributed by atoms with Gasteiger partial charge in [0.2, 0.25) is 12.3 Å². The first-order chi connectivity index (χ1) is 8.57. The van der Waals surface area contributed by atoms with E-state index < -0.39 is 0 Å². The van der Waals surface area contributed by atoms with Gasteiger partial charge in [0.15, 0.2) is 0 Å². The van der Waals surface area contributed by atoms with E-state index in [0.29, 0.717) is 19.1 Å². The van der Waals surface area contributed by atoms with E-state index in [1.807, 2.05) is 26.0 Å². The van der Waals surface area contributed by atoms with Crippen molar-refractivity contribution >= 4 is 6.41 Å². The maximum absolute atomic E-state index is 10.5. The third-order valence-electron chi connectivity index (χ3n) is 2.43. The summed E-state index contributed by atoms with van der Waals surface area (Å²) in [4.78, 5) is 14.7. The minimum Gasteiger partial charge on any atom is -0.475 e. The summed E-state index contributed by atoms with van der Waals surface area (Å²) in [5.74, 6) is 0.581. The molecule has 1 aromatic heterocycles. The number of hydrogen-bond acceptors (Lipinski definition) is 4. The zero-order valence-corrected chi connectivity index (χ0v) is 11.1. The first-order valence-corrected chi connectivity index (χ1v) is 5.85. The largest absolute Gasteiger partial charge is 0.475 e. The van der Waals surface area contributed by atoms with Crippen LogP contribution < -0.4 is 10.1 Å². The summed E-state index contributed by atoms with van der Waals surface area (Å²) in [6, 6.07) is 3.77. The second-order valence-corrected chi connectivity index (χ2v) is 4.67. The Labute approximate surface area is 108 Å². The van der Waals surface area contributed by atoms with Crippen LogP contribution in [0.15, 0.2) is 18.3 Å². The lowest BCUT2D eigenvalue weighted by Crippen LogP contribution is -2.40. The molecule has 0 spiro atoms. The lowest BCUT2D eigenvalue weighted by atomic mass is 9.96. The fourth-order valence-corrected chi connectivity index (χ4v) is 1.55. The molecule has 1 heterocycles. The van der Waals surface area contributed by atoms with E-state index in [9.17, 15) is 4.79 Å². The summed E-state index contributed by atoms with van der Waals surface area (Å²) >= 11 is 0. The van der Waals surface area contributed by atoms with Gasteiger partial charge in [-0.2, -0.15) is 0 Å². The number of nitrogens with zero attached hydrogens (tertiary/aromatic N) is 1. The highest BCUT2D eigenvalue weighted by molar-refractivity contribution is 5.47. The van der Waals surface area contributed by atoms with Gasteiger partial charge in [-0.25, -0.2) is 4.98 Å². The van der Waals surface area contributed by atoms with Crippen molar-refractivity contribution in [1.29, 1.82) is 0 Å². The van der Waals surface area contributed by atoms with E-state index in [1.165, 1.54) is 0 Å². The molecule has 0 aliphatic rings. The van der Waals surface area contributed by atoms with Gasteiger partial charge in [0.05, 0.1) is 6.61 Å². The average molecular weight is 252 g/mol. The fourth-order valence-electron chi connectivity index (χ4n) is 1.55. The lowest BCUT2D eigenvalue weighted by Gasteiger charge is -2.23. The Kier molecular flexibility index (Phi) is 5.58. The third-order valence-corrected chi connectivity index (χ3v) is 2.43. The Hall–Kier alpha value is -1.62. The van der Waals surface area contributed by atoms with Gasteiger partial charge >= 0.3 is 0 Å². The highest BCUT2D eigenvalue weighted by atomic mass is 16.5. The van der Waals surface area contributed by atoms with Crippen LogP contribution >= 0.6 is 0 Å². The van der Waals surface area contributed by atoms with Gasteiger partial charge in [0.25, 0.3) is 0 Å². The number of rotatable bonds is 8. The van der Waals surface area contributed by atoms with E-state index >= 15 is 0 Å². The second-order valence-electron chi connectivity index (χ2n) is 4.67. The first kappa shape index (κ1) is 14.4. The molecule has 0 aromatic carbocycles. The summed E-state index contributed by atoms with van der Waals surface area (Å²) < 4.78 is 10.3. The molecule has 1 rings (SSSR count). The van der Waals surface area contributed by atoms with Gasteiger partial charge in [-0.3, -0.25) is 4.79 Å². The summed E-state index contributed by atoms with van der Waals surface area (Å²) in [6.45, 7) is 4.95. The SMILES string of the molecule is COCCOc1ccc(CC(C)(C)NC=O)cn1. The zero-order valence-electron chi connectivity index (χ0n) is 11.1. The van der Waals surface area contributed by atoms with Crippen LogP contribution in [0.4, 0.5) is 0 Å². The van der Waals surface area contributed by atoms with Crippen molar-refractivity contribution in [2.75, 3.05) is 20.3 Å². The van der Waals surface area contributed by atoms with Crippen LogP contribution in [0.1, 0.15) is 19.4 Å². The molecule has 1 aromatic rings. The quantitative estimate of drug-likeness (QED) is 0.557. The molecule has 0 atom stereocenters. The number of aromatic nitrogens is 1. The number of carbonyl (C=O) groups excluding carboxylic acids is 1. The number of ether oxygens (including phenoxy) is 2. The van der Waals surface area contributed by atoms with Crippen LogP contribution in [0, 0.1) is 0 Å². The normalized spacial score (nSPS) is 11.1. The van der Waals surface area contributed by atoms with Crippen molar-refractivity contribution in [1.82, 2.24) is 10.3 Å². The van der Waals surface area contributed by atoms with E-state index in [2.05, 4.69) is 10.3 Å².